The molecule has 3 aliphatic heterocycles. The fourth-order valence-electron chi connectivity index (χ4n) is 4.12. The first kappa shape index (κ1) is 14.5. The molecule has 0 aliphatic carbocycles. The summed E-state index contributed by atoms with van der Waals surface area (Å²) in [5.74, 6) is 1.24. The van der Waals surface area contributed by atoms with E-state index in [2.05, 4.69) is 29.2 Å². The van der Waals surface area contributed by atoms with Gasteiger partial charge in [0.2, 0.25) is 5.91 Å². The van der Waals surface area contributed by atoms with E-state index < -0.39 is 0 Å². The molecular formula is C18H22N2O3. The molecule has 122 valence electrons. The number of hydrogen-bond acceptors (Lipinski definition) is 4. The maximum atomic E-state index is 12.4. The van der Waals surface area contributed by atoms with Crippen LogP contribution in [0.4, 0.5) is 5.69 Å². The Morgan fingerprint density at radius 2 is 1.78 bits per heavy atom. The average molecular weight is 314 g/mol. The molecule has 0 aromatic heterocycles. The van der Waals surface area contributed by atoms with Gasteiger partial charge >= 0.3 is 5.97 Å². The molecule has 4 rings (SSSR count). The van der Waals surface area contributed by atoms with Crippen LogP contribution < -0.4 is 4.90 Å². The van der Waals surface area contributed by atoms with Gasteiger partial charge in [0.1, 0.15) is 0 Å². The largest absolute Gasteiger partial charge is 0.465 e. The van der Waals surface area contributed by atoms with E-state index in [-0.39, 0.29) is 17.8 Å². The second-order valence-corrected chi connectivity index (χ2v) is 7.02. The summed E-state index contributed by atoms with van der Waals surface area (Å²) < 4.78 is 4.95. The van der Waals surface area contributed by atoms with Gasteiger partial charge in [0.25, 0.3) is 0 Å². The normalized spacial score (nSPS) is 29.7. The van der Waals surface area contributed by atoms with Crippen LogP contribution in [-0.2, 0) is 14.3 Å². The van der Waals surface area contributed by atoms with Crippen molar-refractivity contribution in [2.24, 2.45) is 17.8 Å². The Labute approximate surface area is 136 Å². The quantitative estimate of drug-likeness (QED) is 0.794. The van der Waals surface area contributed by atoms with Crippen molar-refractivity contribution in [3.63, 3.8) is 0 Å². The second kappa shape index (κ2) is 5.87. The Bertz CT molecular complexity index is 590. The van der Waals surface area contributed by atoms with Crippen molar-refractivity contribution in [2.75, 3.05) is 37.7 Å². The summed E-state index contributed by atoms with van der Waals surface area (Å²) in [7, 11) is 0. The van der Waals surface area contributed by atoms with Gasteiger partial charge in [0.05, 0.1) is 13.0 Å². The molecule has 3 heterocycles. The number of ether oxygens (including phenoxy) is 1. The molecule has 0 saturated carbocycles. The van der Waals surface area contributed by atoms with Gasteiger partial charge in [0, 0.05) is 56.0 Å². The minimum atomic E-state index is -0.167. The molecule has 3 saturated heterocycles. The maximum absolute atomic E-state index is 12.4. The van der Waals surface area contributed by atoms with Gasteiger partial charge in [-0.05, 0) is 12.1 Å². The molecular weight excluding hydrogens is 292 g/mol. The highest BCUT2D eigenvalue weighted by molar-refractivity contribution is 5.79. The molecule has 1 aromatic rings. The zero-order valence-electron chi connectivity index (χ0n) is 13.2. The number of carbonyl (C=O) groups excluding carboxylic acids is 2. The number of amides is 1. The minimum absolute atomic E-state index is 0.0799. The highest BCUT2D eigenvalue weighted by Gasteiger charge is 2.42. The molecule has 0 unspecified atom stereocenters. The first-order valence-corrected chi connectivity index (χ1v) is 8.42. The van der Waals surface area contributed by atoms with Gasteiger partial charge in [-0.3, -0.25) is 9.59 Å². The lowest BCUT2D eigenvalue weighted by atomic mass is 10.0. The number of carbonyl (C=O) groups is 2. The monoisotopic (exact) mass is 314 g/mol. The van der Waals surface area contributed by atoms with E-state index in [9.17, 15) is 9.59 Å². The van der Waals surface area contributed by atoms with Gasteiger partial charge in [-0.25, -0.2) is 0 Å². The van der Waals surface area contributed by atoms with Crippen LogP contribution in [0.3, 0.4) is 0 Å². The lowest BCUT2D eigenvalue weighted by molar-refractivity contribution is -0.138. The Kier molecular flexibility index (Phi) is 3.71. The highest BCUT2D eigenvalue weighted by Crippen LogP contribution is 2.34. The van der Waals surface area contributed by atoms with Crippen molar-refractivity contribution in [1.29, 1.82) is 0 Å². The summed E-state index contributed by atoms with van der Waals surface area (Å²) in [4.78, 5) is 28.0. The van der Waals surface area contributed by atoms with E-state index in [1.54, 1.807) is 0 Å². The average Bonchev–Trinajstić information content (AvgIpc) is 3.22. The molecule has 1 amide bonds. The van der Waals surface area contributed by atoms with Gasteiger partial charge < -0.3 is 14.5 Å². The molecule has 3 fully saturated rings. The Morgan fingerprint density at radius 3 is 2.39 bits per heavy atom. The molecule has 5 heteroatoms. The number of likely N-dealkylation sites (tertiary alicyclic amines) is 1. The number of hydrogen-bond donors (Lipinski definition) is 0. The number of para-hydroxylation sites is 1. The molecule has 5 nitrogen and oxygen atoms in total. The Morgan fingerprint density at radius 1 is 1.09 bits per heavy atom. The second-order valence-electron chi connectivity index (χ2n) is 7.02. The van der Waals surface area contributed by atoms with Crippen LogP contribution in [0.1, 0.15) is 12.8 Å². The first-order chi connectivity index (χ1) is 11.2. The van der Waals surface area contributed by atoms with Crippen molar-refractivity contribution in [1.82, 2.24) is 4.90 Å². The van der Waals surface area contributed by atoms with Gasteiger partial charge in [-0.1, -0.05) is 18.2 Å². The topological polar surface area (TPSA) is 49.9 Å². The smallest absolute Gasteiger partial charge is 0.306 e. The molecule has 0 radical (unpaired) electrons. The lowest BCUT2D eigenvalue weighted by Gasteiger charge is -2.23. The number of fused-ring (bicyclic) bond motifs is 1. The van der Waals surface area contributed by atoms with Gasteiger partial charge in [-0.15, -0.1) is 0 Å². The number of benzene rings is 1. The summed E-state index contributed by atoms with van der Waals surface area (Å²) in [6.07, 6.45) is 0.849. The number of cyclic esters (lactones) is 1. The third-order valence-corrected chi connectivity index (χ3v) is 5.36. The van der Waals surface area contributed by atoms with E-state index >= 15 is 0 Å². The van der Waals surface area contributed by atoms with Crippen molar-refractivity contribution in [3.8, 4) is 0 Å². The van der Waals surface area contributed by atoms with Crippen LogP contribution in [0.5, 0.6) is 0 Å². The van der Waals surface area contributed by atoms with Crippen molar-refractivity contribution in [2.45, 2.75) is 12.8 Å². The van der Waals surface area contributed by atoms with Gasteiger partial charge in [0.15, 0.2) is 0 Å². The standard InChI is InChI=1S/C18H22N2O3/c21-17(6-13-7-18(22)23-12-13)20-10-14-8-19(9-15(14)11-20)16-4-2-1-3-5-16/h1-5,13-15H,6-12H2/t13-,14+,15+/m0/s1. The Balaban J connectivity index is 1.31. The maximum Gasteiger partial charge on any atom is 0.306 e. The number of anilines is 1. The third kappa shape index (κ3) is 2.92. The number of rotatable bonds is 3. The highest BCUT2D eigenvalue weighted by atomic mass is 16.5. The summed E-state index contributed by atoms with van der Waals surface area (Å²) in [6.45, 7) is 4.18. The SMILES string of the molecule is O=C1C[C@H](CC(=O)N2C[C@H]3CN(c4ccccc4)C[C@@H]3C2)CO1. The molecule has 0 N–H and O–H groups in total. The van der Waals surface area contributed by atoms with E-state index in [1.807, 2.05) is 11.0 Å². The first-order valence-electron chi connectivity index (χ1n) is 8.42. The van der Waals surface area contributed by atoms with Crippen LogP contribution >= 0.6 is 0 Å². The molecule has 0 spiro atoms. The zero-order chi connectivity index (χ0) is 15.8. The van der Waals surface area contributed by atoms with E-state index in [1.165, 1.54) is 5.69 Å². The number of nitrogens with zero attached hydrogens (tertiary/aromatic N) is 2. The van der Waals surface area contributed by atoms with E-state index in [0.29, 0.717) is 31.3 Å². The van der Waals surface area contributed by atoms with Crippen LogP contribution in [0.25, 0.3) is 0 Å². The molecule has 3 atom stereocenters. The summed E-state index contributed by atoms with van der Waals surface area (Å²) >= 11 is 0. The lowest BCUT2D eigenvalue weighted by Crippen LogP contribution is -2.34. The fourth-order valence-corrected chi connectivity index (χ4v) is 4.12. The predicted octanol–water partition coefficient (Wildman–Crippen LogP) is 1.53. The predicted molar refractivity (Wildman–Crippen MR) is 85.9 cm³/mol. The van der Waals surface area contributed by atoms with Crippen molar-refractivity contribution >= 4 is 17.6 Å². The van der Waals surface area contributed by atoms with Crippen LogP contribution in [0, 0.1) is 17.8 Å². The molecule has 3 aliphatic rings. The minimum Gasteiger partial charge on any atom is -0.465 e. The van der Waals surface area contributed by atoms with Gasteiger partial charge in [-0.2, -0.15) is 0 Å². The van der Waals surface area contributed by atoms with E-state index in [0.717, 1.165) is 26.2 Å². The fraction of sp³-hybridized carbons (Fsp3) is 0.556. The van der Waals surface area contributed by atoms with Crippen molar-refractivity contribution in [3.05, 3.63) is 30.3 Å². The van der Waals surface area contributed by atoms with Crippen LogP contribution in [-0.4, -0.2) is 49.6 Å². The van der Waals surface area contributed by atoms with Crippen LogP contribution in [0.15, 0.2) is 30.3 Å². The zero-order valence-corrected chi connectivity index (χ0v) is 13.2. The third-order valence-electron chi connectivity index (χ3n) is 5.36. The molecule has 1 aromatic carbocycles. The van der Waals surface area contributed by atoms with Crippen LogP contribution in [0.2, 0.25) is 0 Å². The Hall–Kier alpha value is -2.04. The molecule has 0 bridgehead atoms. The molecule has 23 heavy (non-hydrogen) atoms. The van der Waals surface area contributed by atoms with Crippen molar-refractivity contribution < 1.29 is 14.3 Å². The summed E-state index contributed by atoms with van der Waals surface area (Å²) in [5, 5.41) is 0. The summed E-state index contributed by atoms with van der Waals surface area (Å²) in [6, 6.07) is 10.5. The number of esters is 1. The summed E-state index contributed by atoms with van der Waals surface area (Å²) in [5.41, 5.74) is 1.28. The van der Waals surface area contributed by atoms with E-state index in [4.69, 9.17) is 4.74 Å².